The lowest BCUT2D eigenvalue weighted by atomic mass is 10.0. The summed E-state index contributed by atoms with van der Waals surface area (Å²) in [5.41, 5.74) is 11.6. The summed E-state index contributed by atoms with van der Waals surface area (Å²) in [6, 6.07) is 30.4. The van der Waals surface area contributed by atoms with Crippen molar-refractivity contribution in [2.24, 2.45) is 10.7 Å². The molecule has 7 rings (SSSR count). The topological polar surface area (TPSA) is 500 Å². The number of carbonyl (C=O) groups is 11. The van der Waals surface area contributed by atoms with Crippen molar-refractivity contribution in [2.75, 3.05) is 48.7 Å². The van der Waals surface area contributed by atoms with E-state index in [1.807, 2.05) is 6.07 Å². The number of hydrogen-bond donors (Lipinski definition) is 11. The number of carboxylic acids is 2. The molecule has 34 heteroatoms. The molecule has 4 heterocycles. The Morgan fingerprint density at radius 1 is 0.510 bits per heavy atom. The van der Waals surface area contributed by atoms with Crippen LogP contribution in [0.5, 0.6) is 34.9 Å². The number of amidine groups is 2. The van der Waals surface area contributed by atoms with Crippen molar-refractivity contribution in [3.05, 3.63) is 156 Å². The lowest BCUT2D eigenvalue weighted by molar-refractivity contribution is -0.148. The van der Waals surface area contributed by atoms with E-state index in [-0.39, 0.29) is 146 Å². The molecule has 0 radical (unpaired) electrons. The minimum absolute atomic E-state index is 0.000523. The van der Waals surface area contributed by atoms with E-state index in [4.69, 9.17) is 66.7 Å². The number of nitrogen functional groups attached to an aromatic ring is 1. The van der Waals surface area contributed by atoms with Crippen molar-refractivity contribution < 1.29 is 101 Å². The molecule has 0 saturated carbocycles. The maximum Gasteiger partial charge on any atom is 0.328 e. The third-order valence-electron chi connectivity index (χ3n) is 13.3. The molecule has 0 unspecified atom stereocenters. The Morgan fingerprint density at radius 3 is 1.28 bits per heavy atom. The molecule has 540 valence electrons. The fraction of sp³-hybridized carbons (Fsp3) is 0.294. The van der Waals surface area contributed by atoms with Crippen molar-refractivity contribution >= 4 is 106 Å². The predicted molar refractivity (Wildman–Crippen MR) is 366 cm³/mol. The van der Waals surface area contributed by atoms with E-state index >= 15 is 0 Å². The summed E-state index contributed by atoms with van der Waals surface area (Å²) in [4.78, 5) is 149. The van der Waals surface area contributed by atoms with Gasteiger partial charge in [0.25, 0.3) is 17.7 Å². The fourth-order valence-corrected chi connectivity index (χ4v) is 8.59. The first-order chi connectivity index (χ1) is 48.8. The SMILES string of the molecule is CCOC(=O)CC[C@H](NC(=O)c1ccc(N)c(Oc2ccccc2)n1)C(=O)OCC.CCOC(=O)CC[C@H](NC(=O)c1ccc(NC(=O)CCl)c(Oc2ccccc2)n1)C(=O)OCC.N=C1N=C(N)CC(O)=C1CC(=O)Nc1ccc(C(=O)N[C@@H](CCC(=O)O)C(=O)O)nc1Oc1ccccc1. The summed E-state index contributed by atoms with van der Waals surface area (Å²) in [6.07, 6.45) is -1.43. The number of nitrogens with zero attached hydrogens (tertiary/aromatic N) is 4. The van der Waals surface area contributed by atoms with Gasteiger partial charge in [0, 0.05) is 24.8 Å². The van der Waals surface area contributed by atoms with Crippen molar-refractivity contribution in [1.29, 1.82) is 5.41 Å². The van der Waals surface area contributed by atoms with E-state index < -0.39 is 96.3 Å². The van der Waals surface area contributed by atoms with Gasteiger partial charge in [-0.05, 0) is 120 Å². The van der Waals surface area contributed by atoms with E-state index in [9.17, 15) is 63.0 Å². The minimum atomic E-state index is -1.47. The molecule has 3 atom stereocenters. The number of rotatable bonds is 33. The number of esters is 4. The molecule has 0 fully saturated rings. The summed E-state index contributed by atoms with van der Waals surface area (Å²) in [5.74, 6) is -8.07. The first-order valence-electron chi connectivity index (χ1n) is 31.3. The predicted octanol–water partition coefficient (Wildman–Crippen LogP) is 7.32. The standard InChI is InChI=1S/C24H24N6O8.C23H26ClN3O7.C21H25N3O6/c25-18-11-17(31)13(21(26)30-18)10-19(32)27-15-7-6-14(29-23(15)38-12-4-2-1-3-5-12)22(35)28-16(24(36)37)8-9-20(33)34;1-3-32-20(29)13-12-18(23(31)33-4-2)26-21(30)16-10-11-17(25-19(28)14-24)22(27-16)34-15-8-6-5-7-9-15;1-3-28-18(25)13-12-17(21(27)29-4-2)23-19(26)16-11-10-15(22)20(24-16)30-14-8-6-5-7-9-14/h1-7,16,31H,8-11H2,(H,27,32)(H,28,35)(H,33,34)(H,36,37)(H3,25,26,30);5-11,18H,3-4,12-14H2,1-2H3,(H,25,28)(H,26,30);5-11,17H,3-4,12-13,22H2,1-2H3,(H,23,26)/t16-;18-;17-/m000/s1. The number of alkyl halides is 1. The number of anilines is 3. The Bertz CT molecular complexity index is 4020. The maximum absolute atomic E-state index is 12.9. The van der Waals surface area contributed by atoms with Crippen molar-refractivity contribution in [3.8, 4) is 34.9 Å². The Morgan fingerprint density at radius 2 is 0.892 bits per heavy atom. The number of aliphatic hydroxyl groups is 1. The number of aliphatic carboxylic acids is 2. The van der Waals surface area contributed by atoms with Gasteiger partial charge in [-0.2, -0.15) is 0 Å². The van der Waals surface area contributed by atoms with Gasteiger partial charge in [-0.15, -0.1) is 11.6 Å². The lowest BCUT2D eigenvalue weighted by Gasteiger charge is -2.17. The number of halogens is 1. The van der Waals surface area contributed by atoms with Crippen LogP contribution in [0.3, 0.4) is 0 Å². The molecule has 3 aromatic carbocycles. The third kappa shape index (κ3) is 27.0. The van der Waals surface area contributed by atoms with Crippen LogP contribution in [0.25, 0.3) is 0 Å². The molecule has 0 saturated heterocycles. The van der Waals surface area contributed by atoms with E-state index in [0.717, 1.165) is 0 Å². The largest absolute Gasteiger partial charge is 0.511 e. The van der Waals surface area contributed by atoms with E-state index in [2.05, 4.69) is 46.5 Å². The Labute approximate surface area is 588 Å². The summed E-state index contributed by atoms with van der Waals surface area (Å²) in [5, 5.41) is 48.5. The second-order valence-corrected chi connectivity index (χ2v) is 21.2. The van der Waals surface area contributed by atoms with Crippen LogP contribution in [-0.4, -0.2) is 158 Å². The van der Waals surface area contributed by atoms with Crippen LogP contribution in [0, 0.1) is 5.41 Å². The number of para-hydroxylation sites is 3. The number of nitrogens with one attached hydrogen (secondary N) is 6. The number of hydrogen-bond acceptors (Lipinski definition) is 25. The molecule has 1 aliphatic heterocycles. The van der Waals surface area contributed by atoms with Gasteiger partial charge in [0.15, 0.2) is 5.84 Å². The van der Waals surface area contributed by atoms with Gasteiger partial charge in [-0.25, -0.2) is 34.3 Å². The van der Waals surface area contributed by atoms with Gasteiger partial charge >= 0.3 is 35.8 Å². The number of aromatic nitrogens is 3. The molecule has 13 N–H and O–H groups in total. The first kappa shape index (κ1) is 80.1. The molecular weight excluding hydrogens is 1360 g/mol. The molecule has 102 heavy (non-hydrogen) atoms. The van der Waals surface area contributed by atoms with Crippen LogP contribution in [0.2, 0.25) is 0 Å². The molecule has 6 aromatic rings. The summed E-state index contributed by atoms with van der Waals surface area (Å²) in [6.45, 7) is 7.31. The number of dihydropyridines is 1. The van der Waals surface area contributed by atoms with Gasteiger partial charge in [0.1, 0.15) is 81.3 Å². The molecule has 3 aromatic heterocycles. The van der Waals surface area contributed by atoms with Crippen LogP contribution in [0.15, 0.2) is 144 Å². The first-order valence-corrected chi connectivity index (χ1v) is 31.9. The normalized spacial score (nSPS) is 12.2. The van der Waals surface area contributed by atoms with Crippen LogP contribution in [-0.2, 0) is 57.3 Å². The van der Waals surface area contributed by atoms with Crippen LogP contribution >= 0.6 is 11.6 Å². The zero-order chi connectivity index (χ0) is 74.7. The van der Waals surface area contributed by atoms with E-state index in [1.54, 1.807) is 113 Å². The number of aliphatic imine (C=N–C) groups is 1. The van der Waals surface area contributed by atoms with Crippen LogP contribution < -0.4 is 52.3 Å². The molecule has 33 nitrogen and oxygen atoms in total. The van der Waals surface area contributed by atoms with Crippen molar-refractivity contribution in [3.63, 3.8) is 0 Å². The molecule has 0 aliphatic carbocycles. The number of benzene rings is 3. The zero-order valence-electron chi connectivity index (χ0n) is 55.6. The second-order valence-electron chi connectivity index (χ2n) is 20.9. The summed E-state index contributed by atoms with van der Waals surface area (Å²) in [7, 11) is 0. The Kier molecular flexibility index (Phi) is 32.7. The lowest BCUT2D eigenvalue weighted by Crippen LogP contribution is -2.42. The number of nitrogens with two attached hydrogens (primary N) is 2. The van der Waals surface area contributed by atoms with Gasteiger partial charge in [-0.3, -0.25) is 43.8 Å². The van der Waals surface area contributed by atoms with Gasteiger partial charge in [0.2, 0.25) is 29.5 Å². The highest BCUT2D eigenvalue weighted by molar-refractivity contribution is 6.29. The summed E-state index contributed by atoms with van der Waals surface area (Å²) >= 11 is 5.57. The number of ether oxygens (including phenoxy) is 7. The molecule has 0 bridgehead atoms. The third-order valence-corrected chi connectivity index (χ3v) is 13.6. The summed E-state index contributed by atoms with van der Waals surface area (Å²) < 4.78 is 36.8. The van der Waals surface area contributed by atoms with Crippen LogP contribution in [0.4, 0.5) is 17.1 Å². The highest BCUT2D eigenvalue weighted by Gasteiger charge is 2.29. The van der Waals surface area contributed by atoms with Gasteiger partial charge in [0.05, 0.1) is 45.0 Å². The molecule has 1 aliphatic rings. The smallest absolute Gasteiger partial charge is 0.328 e. The van der Waals surface area contributed by atoms with Crippen molar-refractivity contribution in [1.82, 2.24) is 30.9 Å². The number of carbonyl (C=O) groups excluding carboxylic acids is 9. The quantitative estimate of drug-likeness (QED) is 0.0109. The van der Waals surface area contributed by atoms with E-state index in [0.29, 0.717) is 17.2 Å². The van der Waals surface area contributed by atoms with Crippen LogP contribution in [0.1, 0.15) is 111 Å². The van der Waals surface area contributed by atoms with Gasteiger partial charge in [-0.1, -0.05) is 54.6 Å². The van der Waals surface area contributed by atoms with E-state index in [1.165, 1.54) is 36.4 Å². The monoisotopic (exact) mass is 1430 g/mol. The Hall–Kier alpha value is -12.6. The maximum atomic E-state index is 12.9. The zero-order valence-corrected chi connectivity index (χ0v) is 56.3. The minimum Gasteiger partial charge on any atom is -0.511 e. The highest BCUT2D eigenvalue weighted by atomic mass is 35.5. The number of carboxylic acid groups (broad SMARTS) is 2. The highest BCUT2D eigenvalue weighted by Crippen LogP contribution is 2.31. The molecular formula is C68H75ClN12O21. The fourth-order valence-electron chi connectivity index (χ4n) is 8.53. The second kappa shape index (κ2) is 41.6. The van der Waals surface area contributed by atoms with Gasteiger partial charge < -0.3 is 86.5 Å². The average Bonchev–Trinajstić information content (AvgIpc) is 0.840. The average molecular weight is 1430 g/mol. The number of aliphatic hydroxyl groups excluding tert-OH is 1. The van der Waals surface area contributed by atoms with Crippen molar-refractivity contribution in [2.45, 2.75) is 97.2 Å². The Balaban J connectivity index is 0.000000277. The molecule has 0 spiro atoms. The molecule has 5 amide bonds. The number of pyridine rings is 3. The number of amides is 5.